The zero-order chi connectivity index (χ0) is 13.5. The highest BCUT2D eigenvalue weighted by atomic mass is 16.5. The maximum absolute atomic E-state index is 11.6. The summed E-state index contributed by atoms with van der Waals surface area (Å²) >= 11 is 0. The summed E-state index contributed by atoms with van der Waals surface area (Å²) in [6, 6.07) is 0. The molecule has 98 valence electrons. The number of aliphatic carboxylic acids is 2. The molecular weight excluding hydrogens is 246 g/mol. The summed E-state index contributed by atoms with van der Waals surface area (Å²) in [7, 11) is 0. The molecule has 2 heterocycles. The van der Waals surface area contributed by atoms with Gasteiger partial charge in [-0.25, -0.2) is 9.59 Å². The van der Waals surface area contributed by atoms with Gasteiger partial charge in [-0.1, -0.05) is 0 Å². The lowest BCUT2D eigenvalue weighted by Gasteiger charge is -2.34. The number of carboxylic acids is 2. The van der Waals surface area contributed by atoms with Crippen molar-refractivity contribution in [1.29, 1.82) is 0 Å². The van der Waals surface area contributed by atoms with E-state index in [4.69, 9.17) is 9.84 Å². The predicted molar refractivity (Wildman–Crippen MR) is 53.4 cm³/mol. The number of carbonyl (C=O) groups excluding carboxylic acids is 2. The number of rotatable bonds is 3. The van der Waals surface area contributed by atoms with Crippen molar-refractivity contribution >= 4 is 23.8 Å². The number of hydrogen-bond donors (Lipinski definition) is 2. The minimum Gasteiger partial charge on any atom is -0.479 e. The Morgan fingerprint density at radius 2 is 1.78 bits per heavy atom. The van der Waals surface area contributed by atoms with E-state index in [0.29, 0.717) is 4.90 Å². The number of likely N-dealkylation sites (tertiary alicyclic amines) is 1. The fourth-order valence-corrected chi connectivity index (χ4v) is 2.44. The van der Waals surface area contributed by atoms with Crippen molar-refractivity contribution in [2.45, 2.75) is 30.9 Å². The first-order chi connectivity index (χ1) is 8.41. The van der Waals surface area contributed by atoms with Crippen LogP contribution in [0.4, 0.5) is 0 Å². The molecule has 0 bridgehead atoms. The second-order valence-electron chi connectivity index (χ2n) is 4.19. The molecule has 0 spiro atoms. The molecule has 2 aliphatic heterocycles. The molecule has 2 amide bonds. The van der Waals surface area contributed by atoms with Crippen LogP contribution in [0.2, 0.25) is 0 Å². The lowest BCUT2D eigenvalue weighted by atomic mass is 9.89. The van der Waals surface area contributed by atoms with Crippen LogP contribution in [0.1, 0.15) is 19.3 Å². The molecular formula is C10H11NO7. The van der Waals surface area contributed by atoms with Gasteiger partial charge in [0.2, 0.25) is 11.8 Å². The molecule has 8 nitrogen and oxygen atoms in total. The van der Waals surface area contributed by atoms with Crippen LogP contribution in [0.5, 0.6) is 0 Å². The van der Waals surface area contributed by atoms with Gasteiger partial charge in [-0.2, -0.15) is 0 Å². The van der Waals surface area contributed by atoms with E-state index in [0.717, 1.165) is 0 Å². The molecule has 0 aromatic carbocycles. The quantitative estimate of drug-likeness (QED) is 0.611. The van der Waals surface area contributed by atoms with Gasteiger partial charge in [0.15, 0.2) is 11.6 Å². The van der Waals surface area contributed by atoms with Crippen molar-refractivity contribution < 1.29 is 34.1 Å². The molecule has 0 aromatic heterocycles. The molecule has 2 rings (SSSR count). The predicted octanol–water partition coefficient (Wildman–Crippen LogP) is -1.17. The molecule has 2 N–H and O–H groups in total. The second-order valence-corrected chi connectivity index (χ2v) is 4.19. The third-order valence-electron chi connectivity index (χ3n) is 3.25. The van der Waals surface area contributed by atoms with Crippen molar-refractivity contribution in [3.05, 3.63) is 0 Å². The van der Waals surface area contributed by atoms with Crippen LogP contribution < -0.4 is 0 Å². The number of amides is 2. The summed E-state index contributed by atoms with van der Waals surface area (Å²) in [6.45, 7) is -0.125. The van der Waals surface area contributed by atoms with Gasteiger partial charge in [-0.05, 0) is 0 Å². The van der Waals surface area contributed by atoms with E-state index in [1.807, 2.05) is 0 Å². The standard InChI is InChI=1S/C10H11NO7/c12-5-1-2-6(13)11(5)10(9(16)17)3-4-18-7(10)8(14)15/h7H,1-4H2,(H,14,15)(H,16,17). The van der Waals surface area contributed by atoms with E-state index in [9.17, 15) is 24.3 Å². The lowest BCUT2D eigenvalue weighted by Crippen LogP contribution is -2.63. The highest BCUT2D eigenvalue weighted by Gasteiger charge is 2.62. The number of nitrogens with zero attached hydrogens (tertiary/aromatic N) is 1. The van der Waals surface area contributed by atoms with Crippen molar-refractivity contribution in [2.24, 2.45) is 0 Å². The largest absolute Gasteiger partial charge is 0.479 e. The van der Waals surface area contributed by atoms with E-state index >= 15 is 0 Å². The Bertz CT molecular complexity index is 430. The fraction of sp³-hybridized carbons (Fsp3) is 0.600. The maximum atomic E-state index is 11.6. The second kappa shape index (κ2) is 4.05. The Morgan fingerprint density at radius 1 is 1.22 bits per heavy atom. The summed E-state index contributed by atoms with van der Waals surface area (Å²) < 4.78 is 4.87. The van der Waals surface area contributed by atoms with Crippen LogP contribution in [0.15, 0.2) is 0 Å². The number of hydrogen-bond acceptors (Lipinski definition) is 5. The van der Waals surface area contributed by atoms with Gasteiger partial charge in [0.1, 0.15) is 0 Å². The first-order valence-electron chi connectivity index (χ1n) is 5.35. The number of imide groups is 1. The molecule has 2 aliphatic rings. The van der Waals surface area contributed by atoms with Crippen LogP contribution in [0.3, 0.4) is 0 Å². The number of carboxylic acid groups (broad SMARTS) is 2. The van der Waals surface area contributed by atoms with Crippen LogP contribution in [0.25, 0.3) is 0 Å². The molecule has 8 heteroatoms. The molecule has 2 fully saturated rings. The molecule has 2 unspecified atom stereocenters. The van der Waals surface area contributed by atoms with E-state index in [1.165, 1.54) is 0 Å². The van der Waals surface area contributed by atoms with Gasteiger partial charge < -0.3 is 14.9 Å². The highest BCUT2D eigenvalue weighted by molar-refractivity contribution is 6.08. The topological polar surface area (TPSA) is 121 Å². The van der Waals surface area contributed by atoms with Gasteiger partial charge in [0.05, 0.1) is 6.61 Å². The van der Waals surface area contributed by atoms with Crippen molar-refractivity contribution in [3.63, 3.8) is 0 Å². The molecule has 0 saturated carbocycles. The molecule has 18 heavy (non-hydrogen) atoms. The minimum absolute atomic E-state index is 0.0970. The Labute approximate surface area is 101 Å². The SMILES string of the molecule is O=C(O)C1OCCC1(C(=O)O)N1C(=O)CCC1=O. The van der Waals surface area contributed by atoms with E-state index in [1.54, 1.807) is 0 Å². The normalized spacial score (nSPS) is 32.0. The molecule has 0 aliphatic carbocycles. The molecule has 0 radical (unpaired) electrons. The molecule has 2 saturated heterocycles. The zero-order valence-corrected chi connectivity index (χ0v) is 9.29. The molecule has 2 atom stereocenters. The average molecular weight is 257 g/mol. The smallest absolute Gasteiger partial charge is 0.335 e. The Morgan fingerprint density at radius 3 is 2.22 bits per heavy atom. The Kier molecular flexibility index (Phi) is 2.81. The maximum Gasteiger partial charge on any atom is 0.335 e. The van der Waals surface area contributed by atoms with E-state index in [2.05, 4.69) is 0 Å². The average Bonchev–Trinajstić information content (AvgIpc) is 2.83. The van der Waals surface area contributed by atoms with Crippen molar-refractivity contribution in [2.75, 3.05) is 6.61 Å². The van der Waals surface area contributed by atoms with Crippen molar-refractivity contribution in [3.8, 4) is 0 Å². The van der Waals surface area contributed by atoms with Gasteiger partial charge in [0.25, 0.3) is 0 Å². The monoisotopic (exact) mass is 257 g/mol. The van der Waals surface area contributed by atoms with Gasteiger partial charge in [-0.3, -0.25) is 14.5 Å². The summed E-state index contributed by atoms with van der Waals surface area (Å²) in [5.41, 5.74) is -2.11. The van der Waals surface area contributed by atoms with E-state index < -0.39 is 35.4 Å². The first-order valence-corrected chi connectivity index (χ1v) is 5.35. The van der Waals surface area contributed by atoms with Crippen LogP contribution in [0, 0.1) is 0 Å². The van der Waals surface area contributed by atoms with Crippen LogP contribution in [-0.2, 0) is 23.9 Å². The van der Waals surface area contributed by atoms with Crippen LogP contribution >= 0.6 is 0 Å². The summed E-state index contributed by atoms with van der Waals surface area (Å²) in [6.07, 6.45) is -2.13. The summed E-state index contributed by atoms with van der Waals surface area (Å²) in [5, 5.41) is 18.3. The number of carbonyl (C=O) groups is 4. The highest BCUT2D eigenvalue weighted by Crippen LogP contribution is 2.36. The Balaban J connectivity index is 2.50. The summed E-state index contributed by atoms with van der Waals surface area (Å²) in [4.78, 5) is 46.3. The fourth-order valence-electron chi connectivity index (χ4n) is 2.44. The third-order valence-corrected chi connectivity index (χ3v) is 3.25. The Hall–Kier alpha value is -1.96. The first kappa shape index (κ1) is 12.5. The van der Waals surface area contributed by atoms with Crippen LogP contribution in [-0.4, -0.2) is 57.1 Å². The van der Waals surface area contributed by atoms with Crippen molar-refractivity contribution in [1.82, 2.24) is 4.90 Å². The zero-order valence-electron chi connectivity index (χ0n) is 9.29. The summed E-state index contributed by atoms with van der Waals surface area (Å²) in [5.74, 6) is -4.36. The van der Waals surface area contributed by atoms with Gasteiger partial charge in [-0.15, -0.1) is 0 Å². The van der Waals surface area contributed by atoms with E-state index in [-0.39, 0.29) is 25.9 Å². The third kappa shape index (κ3) is 1.49. The minimum atomic E-state index is -2.11. The number of ether oxygens (including phenoxy) is 1. The van der Waals surface area contributed by atoms with Gasteiger partial charge >= 0.3 is 11.9 Å². The lowest BCUT2D eigenvalue weighted by molar-refractivity contribution is -0.173. The van der Waals surface area contributed by atoms with Gasteiger partial charge in [0, 0.05) is 19.3 Å². The molecule has 0 aromatic rings.